The SMILES string of the molecule is N=Nc1c(O)n(Cc2ccccc2)c2ncccc12. The van der Waals surface area contributed by atoms with E-state index in [1.54, 1.807) is 22.9 Å². The molecule has 0 spiro atoms. The van der Waals surface area contributed by atoms with Crippen molar-refractivity contribution in [3.05, 3.63) is 54.2 Å². The highest BCUT2D eigenvalue weighted by Crippen LogP contribution is 2.37. The molecule has 3 aromatic rings. The predicted octanol–water partition coefficient (Wildman–Crippen LogP) is 3.45. The van der Waals surface area contributed by atoms with Crippen LogP contribution in [0.4, 0.5) is 5.69 Å². The lowest BCUT2D eigenvalue weighted by Crippen LogP contribution is -1.99. The molecule has 0 fully saturated rings. The predicted molar refractivity (Wildman–Crippen MR) is 71.7 cm³/mol. The lowest BCUT2D eigenvalue weighted by atomic mass is 10.2. The first-order chi connectivity index (χ1) is 9.31. The van der Waals surface area contributed by atoms with Gasteiger partial charge in [-0.1, -0.05) is 30.3 Å². The summed E-state index contributed by atoms with van der Waals surface area (Å²) in [6.45, 7) is 0.496. The Hall–Kier alpha value is -2.69. The summed E-state index contributed by atoms with van der Waals surface area (Å²) in [6, 6.07) is 13.4. The number of fused-ring (bicyclic) bond motifs is 1. The molecular formula is C14H12N4O. The van der Waals surface area contributed by atoms with Crippen LogP contribution in [0.5, 0.6) is 5.88 Å². The topological polar surface area (TPSA) is 74.3 Å². The summed E-state index contributed by atoms with van der Waals surface area (Å²) in [5.41, 5.74) is 9.13. The number of nitrogens with one attached hydrogen (secondary N) is 1. The van der Waals surface area contributed by atoms with Crippen molar-refractivity contribution in [1.82, 2.24) is 9.55 Å². The average Bonchev–Trinajstić information content (AvgIpc) is 2.73. The molecule has 1 aromatic carbocycles. The Morgan fingerprint density at radius 2 is 1.95 bits per heavy atom. The van der Waals surface area contributed by atoms with Crippen molar-refractivity contribution in [3.63, 3.8) is 0 Å². The van der Waals surface area contributed by atoms with E-state index in [9.17, 15) is 5.11 Å². The monoisotopic (exact) mass is 252 g/mol. The van der Waals surface area contributed by atoms with Gasteiger partial charge in [-0.2, -0.15) is 5.11 Å². The van der Waals surface area contributed by atoms with E-state index in [-0.39, 0.29) is 11.6 Å². The number of rotatable bonds is 3. The van der Waals surface area contributed by atoms with Gasteiger partial charge in [0.25, 0.3) is 0 Å². The van der Waals surface area contributed by atoms with E-state index >= 15 is 0 Å². The highest BCUT2D eigenvalue weighted by atomic mass is 16.3. The van der Waals surface area contributed by atoms with Gasteiger partial charge in [-0.3, -0.25) is 4.57 Å². The second-order valence-electron chi connectivity index (χ2n) is 4.23. The lowest BCUT2D eigenvalue weighted by Gasteiger charge is -2.06. The van der Waals surface area contributed by atoms with Crippen LogP contribution in [0.1, 0.15) is 5.56 Å². The molecule has 3 rings (SSSR count). The normalized spacial score (nSPS) is 10.7. The van der Waals surface area contributed by atoms with Gasteiger partial charge < -0.3 is 5.11 Å². The number of aromatic nitrogens is 2. The zero-order valence-electron chi connectivity index (χ0n) is 10.1. The van der Waals surface area contributed by atoms with E-state index in [1.165, 1.54) is 0 Å². The summed E-state index contributed by atoms with van der Waals surface area (Å²) in [5.74, 6) is -0.0208. The van der Waals surface area contributed by atoms with Gasteiger partial charge in [0, 0.05) is 6.20 Å². The molecule has 2 N–H and O–H groups in total. The molecule has 0 aliphatic carbocycles. The summed E-state index contributed by atoms with van der Waals surface area (Å²) < 4.78 is 1.66. The summed E-state index contributed by atoms with van der Waals surface area (Å²) in [7, 11) is 0. The highest BCUT2D eigenvalue weighted by Gasteiger charge is 2.17. The molecule has 0 unspecified atom stereocenters. The summed E-state index contributed by atoms with van der Waals surface area (Å²) >= 11 is 0. The first kappa shape index (κ1) is 11.4. The number of hydrogen-bond donors (Lipinski definition) is 2. The first-order valence-electron chi connectivity index (χ1n) is 5.89. The smallest absolute Gasteiger partial charge is 0.222 e. The largest absolute Gasteiger partial charge is 0.493 e. The number of nitrogens with zero attached hydrogens (tertiary/aromatic N) is 3. The third kappa shape index (κ3) is 1.85. The van der Waals surface area contributed by atoms with Crippen molar-refractivity contribution in [3.8, 4) is 5.88 Å². The van der Waals surface area contributed by atoms with Crippen LogP contribution in [0.2, 0.25) is 0 Å². The van der Waals surface area contributed by atoms with Crippen LogP contribution in [-0.4, -0.2) is 14.7 Å². The molecular weight excluding hydrogens is 240 g/mol. The summed E-state index contributed by atoms with van der Waals surface area (Å²) in [5, 5.41) is 14.3. The Bertz CT molecular complexity index is 734. The molecule has 5 heteroatoms. The standard InChI is InChI=1S/C14H12N4O/c15-17-12-11-7-4-8-16-13(11)18(14(12)19)9-10-5-2-1-3-6-10/h1-8,15,19H,9H2. The van der Waals surface area contributed by atoms with Crippen molar-refractivity contribution in [2.45, 2.75) is 6.54 Å². The Morgan fingerprint density at radius 1 is 1.16 bits per heavy atom. The molecule has 0 aliphatic heterocycles. The van der Waals surface area contributed by atoms with Gasteiger partial charge in [0.1, 0.15) is 5.65 Å². The third-order valence-electron chi connectivity index (χ3n) is 3.06. The molecule has 19 heavy (non-hydrogen) atoms. The molecule has 0 saturated heterocycles. The van der Waals surface area contributed by atoms with Crippen molar-refractivity contribution >= 4 is 16.7 Å². The molecule has 0 atom stereocenters. The Labute approximate surface area is 109 Å². The van der Waals surface area contributed by atoms with E-state index < -0.39 is 0 Å². The van der Waals surface area contributed by atoms with Crippen LogP contribution in [-0.2, 0) is 6.54 Å². The molecule has 5 nitrogen and oxygen atoms in total. The molecule has 0 saturated carbocycles. The van der Waals surface area contributed by atoms with Gasteiger partial charge in [0.15, 0.2) is 5.69 Å². The zero-order valence-corrected chi connectivity index (χ0v) is 10.1. The lowest BCUT2D eigenvalue weighted by molar-refractivity contribution is 0.428. The van der Waals surface area contributed by atoms with Crippen LogP contribution >= 0.6 is 0 Å². The Morgan fingerprint density at radius 3 is 2.68 bits per heavy atom. The number of aromatic hydroxyl groups is 1. The van der Waals surface area contributed by atoms with Gasteiger partial charge in [0.2, 0.25) is 5.88 Å². The van der Waals surface area contributed by atoms with Crippen LogP contribution in [0, 0.1) is 5.53 Å². The minimum atomic E-state index is -0.0208. The van der Waals surface area contributed by atoms with Crippen molar-refractivity contribution in [2.24, 2.45) is 5.11 Å². The maximum absolute atomic E-state index is 10.2. The number of benzene rings is 1. The second-order valence-corrected chi connectivity index (χ2v) is 4.23. The fraction of sp³-hybridized carbons (Fsp3) is 0.0714. The maximum atomic E-state index is 10.2. The van der Waals surface area contributed by atoms with Crippen molar-refractivity contribution in [2.75, 3.05) is 0 Å². The Kier molecular flexibility index (Phi) is 2.72. The zero-order chi connectivity index (χ0) is 13.2. The molecule has 94 valence electrons. The van der Waals surface area contributed by atoms with E-state index in [1.807, 2.05) is 30.3 Å². The van der Waals surface area contributed by atoms with Crippen LogP contribution in [0.25, 0.3) is 11.0 Å². The number of pyridine rings is 1. The third-order valence-corrected chi connectivity index (χ3v) is 3.06. The van der Waals surface area contributed by atoms with E-state index in [4.69, 9.17) is 5.53 Å². The number of hydrogen-bond acceptors (Lipinski definition) is 4. The van der Waals surface area contributed by atoms with Gasteiger partial charge in [-0.15, -0.1) is 0 Å². The molecule has 0 bridgehead atoms. The van der Waals surface area contributed by atoms with Crippen molar-refractivity contribution in [1.29, 1.82) is 5.53 Å². The van der Waals surface area contributed by atoms with Crippen LogP contribution < -0.4 is 0 Å². The van der Waals surface area contributed by atoms with Gasteiger partial charge >= 0.3 is 0 Å². The molecule has 0 aliphatic rings. The molecule has 2 heterocycles. The second kappa shape index (κ2) is 4.53. The molecule has 0 radical (unpaired) electrons. The van der Waals surface area contributed by atoms with Gasteiger partial charge in [0.05, 0.1) is 11.9 Å². The maximum Gasteiger partial charge on any atom is 0.222 e. The summed E-state index contributed by atoms with van der Waals surface area (Å²) in [4.78, 5) is 4.27. The fourth-order valence-electron chi connectivity index (χ4n) is 2.17. The average molecular weight is 252 g/mol. The van der Waals surface area contributed by atoms with Gasteiger partial charge in [-0.25, -0.2) is 10.5 Å². The minimum Gasteiger partial charge on any atom is -0.493 e. The molecule has 0 amide bonds. The van der Waals surface area contributed by atoms with Gasteiger partial charge in [-0.05, 0) is 17.7 Å². The van der Waals surface area contributed by atoms with Crippen LogP contribution in [0.3, 0.4) is 0 Å². The van der Waals surface area contributed by atoms with E-state index in [0.717, 1.165) is 5.56 Å². The highest BCUT2D eigenvalue weighted by molar-refractivity contribution is 5.92. The first-order valence-corrected chi connectivity index (χ1v) is 5.89. The summed E-state index contributed by atoms with van der Waals surface area (Å²) in [6.07, 6.45) is 1.66. The van der Waals surface area contributed by atoms with Crippen LogP contribution in [0.15, 0.2) is 53.8 Å². The van der Waals surface area contributed by atoms with E-state index in [2.05, 4.69) is 10.1 Å². The quantitative estimate of drug-likeness (QED) is 0.700. The fourth-order valence-corrected chi connectivity index (χ4v) is 2.17. The van der Waals surface area contributed by atoms with E-state index in [0.29, 0.717) is 17.6 Å². The Balaban J connectivity index is 2.18. The molecule has 2 aromatic heterocycles. The van der Waals surface area contributed by atoms with Crippen molar-refractivity contribution < 1.29 is 5.11 Å². The minimum absolute atomic E-state index is 0.0208.